The Labute approximate surface area is 88.9 Å². The smallest absolute Gasteiger partial charge is 0.328 e. The molecule has 1 rings (SSSR count). The maximum Gasteiger partial charge on any atom is 0.446 e. The summed E-state index contributed by atoms with van der Waals surface area (Å²) in [6.07, 6.45) is 0.435. The molecular formula is C9H8F3NOS. The van der Waals surface area contributed by atoms with Gasteiger partial charge in [0, 0.05) is 10.6 Å². The molecule has 0 saturated heterocycles. The number of aryl methyl sites for hydroxylation is 1. The standard InChI is InChI=1S/C9H8F3NOS/c1-6-2-3-7(15-9(10,11)12)4-8(6)13-5-14/h2-5H,1H3,(H,13,14). The third-order valence-corrected chi connectivity index (χ3v) is 2.38. The number of hydrogen-bond acceptors (Lipinski definition) is 2. The van der Waals surface area contributed by atoms with Crippen LogP contribution in [0.15, 0.2) is 23.1 Å². The van der Waals surface area contributed by atoms with Gasteiger partial charge in [-0.25, -0.2) is 0 Å². The molecule has 0 aliphatic carbocycles. The van der Waals surface area contributed by atoms with Gasteiger partial charge in [0.25, 0.3) is 0 Å². The number of halogens is 3. The van der Waals surface area contributed by atoms with Crippen LogP contribution in [0.4, 0.5) is 18.9 Å². The molecule has 6 heteroatoms. The Hall–Kier alpha value is -1.17. The van der Waals surface area contributed by atoms with E-state index in [-0.39, 0.29) is 16.7 Å². The number of benzene rings is 1. The SMILES string of the molecule is Cc1ccc(SC(F)(F)F)cc1NC=O. The maximum atomic E-state index is 12.0. The number of carbonyl (C=O) groups is 1. The van der Waals surface area contributed by atoms with Crippen LogP contribution in [0.1, 0.15) is 5.56 Å². The van der Waals surface area contributed by atoms with Gasteiger partial charge >= 0.3 is 5.51 Å². The van der Waals surface area contributed by atoms with Gasteiger partial charge in [0.15, 0.2) is 0 Å². The van der Waals surface area contributed by atoms with Gasteiger partial charge < -0.3 is 5.32 Å². The molecule has 0 bridgehead atoms. The summed E-state index contributed by atoms with van der Waals surface area (Å²) in [5.74, 6) is 0. The molecule has 0 atom stereocenters. The molecule has 1 amide bonds. The van der Waals surface area contributed by atoms with Crippen molar-refractivity contribution in [3.05, 3.63) is 23.8 Å². The highest BCUT2D eigenvalue weighted by atomic mass is 32.2. The number of rotatable bonds is 3. The second-order valence-corrected chi connectivity index (χ2v) is 3.93. The van der Waals surface area contributed by atoms with Gasteiger partial charge in [-0.05, 0) is 36.4 Å². The van der Waals surface area contributed by atoms with Gasteiger partial charge in [-0.2, -0.15) is 13.2 Å². The van der Waals surface area contributed by atoms with Crippen molar-refractivity contribution >= 4 is 23.9 Å². The Morgan fingerprint density at radius 3 is 2.60 bits per heavy atom. The van der Waals surface area contributed by atoms with Gasteiger partial charge in [-0.15, -0.1) is 0 Å². The minimum absolute atomic E-state index is 0.0532. The lowest BCUT2D eigenvalue weighted by atomic mass is 10.2. The molecule has 82 valence electrons. The van der Waals surface area contributed by atoms with Crippen LogP contribution in [0.5, 0.6) is 0 Å². The van der Waals surface area contributed by atoms with Gasteiger partial charge in [-0.3, -0.25) is 4.79 Å². The molecule has 0 unspecified atom stereocenters. The maximum absolute atomic E-state index is 12.0. The van der Waals surface area contributed by atoms with E-state index < -0.39 is 5.51 Å². The number of amides is 1. The summed E-state index contributed by atoms with van der Waals surface area (Å²) in [7, 11) is 0. The summed E-state index contributed by atoms with van der Waals surface area (Å²) in [6.45, 7) is 1.70. The zero-order valence-electron chi connectivity index (χ0n) is 7.76. The first-order valence-corrected chi connectivity index (χ1v) is 4.80. The zero-order valence-corrected chi connectivity index (χ0v) is 8.58. The molecule has 0 heterocycles. The van der Waals surface area contributed by atoms with E-state index in [1.807, 2.05) is 0 Å². The summed E-state index contributed by atoms with van der Waals surface area (Å²) < 4.78 is 36.1. The molecule has 15 heavy (non-hydrogen) atoms. The number of carbonyl (C=O) groups excluding carboxylic acids is 1. The third kappa shape index (κ3) is 3.83. The Balaban J connectivity index is 2.92. The van der Waals surface area contributed by atoms with Gasteiger partial charge in [0.1, 0.15) is 0 Å². The summed E-state index contributed by atoms with van der Waals surface area (Å²) >= 11 is -0.206. The molecule has 0 aliphatic rings. The van der Waals surface area contributed by atoms with Gasteiger partial charge in [0.2, 0.25) is 6.41 Å². The first-order chi connectivity index (χ1) is 6.92. The lowest BCUT2D eigenvalue weighted by Crippen LogP contribution is -2.00. The lowest BCUT2D eigenvalue weighted by molar-refractivity contribution is -0.105. The van der Waals surface area contributed by atoms with Crippen LogP contribution in [-0.4, -0.2) is 11.9 Å². The molecule has 1 N–H and O–H groups in total. The van der Waals surface area contributed by atoms with Crippen molar-refractivity contribution in [2.45, 2.75) is 17.3 Å². The zero-order chi connectivity index (χ0) is 11.5. The summed E-state index contributed by atoms with van der Waals surface area (Å²) in [4.78, 5) is 10.2. The van der Waals surface area contributed by atoms with Crippen molar-refractivity contribution in [3.8, 4) is 0 Å². The summed E-state index contributed by atoms with van der Waals surface area (Å²) in [5.41, 5.74) is -3.21. The Bertz CT molecular complexity index is 365. The highest BCUT2D eigenvalue weighted by molar-refractivity contribution is 8.00. The van der Waals surface area contributed by atoms with E-state index in [0.29, 0.717) is 17.7 Å². The van der Waals surface area contributed by atoms with E-state index in [4.69, 9.17) is 0 Å². The van der Waals surface area contributed by atoms with E-state index in [9.17, 15) is 18.0 Å². The Morgan fingerprint density at radius 2 is 2.07 bits per heavy atom. The number of hydrogen-bond donors (Lipinski definition) is 1. The predicted molar refractivity (Wildman–Crippen MR) is 52.8 cm³/mol. The van der Waals surface area contributed by atoms with Crippen LogP contribution < -0.4 is 5.32 Å². The minimum Gasteiger partial charge on any atom is -0.328 e. The Morgan fingerprint density at radius 1 is 1.40 bits per heavy atom. The molecule has 1 aromatic rings. The third-order valence-electron chi connectivity index (χ3n) is 1.66. The number of nitrogens with one attached hydrogen (secondary N) is 1. The van der Waals surface area contributed by atoms with Crippen molar-refractivity contribution in [3.63, 3.8) is 0 Å². The fourth-order valence-corrected chi connectivity index (χ4v) is 1.60. The van der Waals surface area contributed by atoms with Crippen molar-refractivity contribution in [1.82, 2.24) is 0 Å². The predicted octanol–water partition coefficient (Wildman–Crippen LogP) is 3.18. The highest BCUT2D eigenvalue weighted by Gasteiger charge is 2.29. The molecule has 1 aromatic carbocycles. The number of anilines is 1. The van der Waals surface area contributed by atoms with E-state index in [1.165, 1.54) is 18.2 Å². The topological polar surface area (TPSA) is 29.1 Å². The second kappa shape index (κ2) is 4.57. The lowest BCUT2D eigenvalue weighted by Gasteiger charge is -2.08. The van der Waals surface area contributed by atoms with Crippen molar-refractivity contribution in [2.24, 2.45) is 0 Å². The average Bonchev–Trinajstić information content (AvgIpc) is 2.09. The molecule has 0 saturated carbocycles. The van der Waals surface area contributed by atoms with Crippen LogP contribution in [-0.2, 0) is 4.79 Å². The van der Waals surface area contributed by atoms with E-state index in [1.54, 1.807) is 6.92 Å². The largest absolute Gasteiger partial charge is 0.446 e. The van der Waals surface area contributed by atoms with Gasteiger partial charge in [-0.1, -0.05) is 6.07 Å². The Kier molecular flexibility index (Phi) is 3.62. The van der Waals surface area contributed by atoms with Gasteiger partial charge in [0.05, 0.1) is 0 Å². The molecule has 0 aromatic heterocycles. The van der Waals surface area contributed by atoms with Crippen LogP contribution in [0, 0.1) is 6.92 Å². The number of thioether (sulfide) groups is 1. The van der Waals surface area contributed by atoms with Crippen LogP contribution in [0.3, 0.4) is 0 Å². The van der Waals surface area contributed by atoms with Crippen molar-refractivity contribution in [2.75, 3.05) is 5.32 Å². The fourth-order valence-electron chi connectivity index (χ4n) is 1.02. The molecule has 0 radical (unpaired) electrons. The first-order valence-electron chi connectivity index (χ1n) is 3.99. The first kappa shape index (κ1) is 11.9. The monoisotopic (exact) mass is 235 g/mol. The molecule has 0 fully saturated rings. The van der Waals surface area contributed by atoms with Crippen molar-refractivity contribution < 1.29 is 18.0 Å². The molecule has 0 spiro atoms. The minimum atomic E-state index is -4.31. The van der Waals surface area contributed by atoms with Crippen LogP contribution in [0.25, 0.3) is 0 Å². The van der Waals surface area contributed by atoms with E-state index in [0.717, 1.165) is 0 Å². The second-order valence-electron chi connectivity index (χ2n) is 2.79. The van der Waals surface area contributed by atoms with Crippen LogP contribution >= 0.6 is 11.8 Å². The van der Waals surface area contributed by atoms with E-state index in [2.05, 4.69) is 5.32 Å². The molecule has 2 nitrogen and oxygen atoms in total. The normalized spacial score (nSPS) is 11.2. The fraction of sp³-hybridized carbons (Fsp3) is 0.222. The summed E-state index contributed by atoms with van der Waals surface area (Å²) in [5, 5.41) is 2.34. The highest BCUT2D eigenvalue weighted by Crippen LogP contribution is 2.38. The molecular weight excluding hydrogens is 227 g/mol. The summed E-state index contributed by atoms with van der Waals surface area (Å²) in [6, 6.07) is 4.19. The number of alkyl halides is 3. The quantitative estimate of drug-likeness (QED) is 0.644. The van der Waals surface area contributed by atoms with Crippen molar-refractivity contribution in [1.29, 1.82) is 0 Å². The van der Waals surface area contributed by atoms with E-state index >= 15 is 0 Å². The average molecular weight is 235 g/mol. The molecule has 0 aliphatic heterocycles. The van der Waals surface area contributed by atoms with Crippen LogP contribution in [0.2, 0.25) is 0 Å².